The smallest absolute Gasteiger partial charge is 0.311 e. The Morgan fingerprint density at radius 1 is 1.00 bits per heavy atom. The maximum absolute atomic E-state index is 12.6. The normalized spacial score (nSPS) is 23.8. The molecule has 2 aliphatic rings. The number of hydrogen-bond acceptors (Lipinski definition) is 2. The Kier molecular flexibility index (Phi) is 4.04. The summed E-state index contributed by atoms with van der Waals surface area (Å²) in [5, 5.41) is 12.5. The molecule has 4 rings (SSSR count). The number of amides is 1. The minimum Gasteiger partial charge on any atom is -0.481 e. The van der Waals surface area contributed by atoms with Crippen LogP contribution in [0.3, 0.4) is 0 Å². The zero-order valence-corrected chi connectivity index (χ0v) is 13.9. The van der Waals surface area contributed by atoms with Gasteiger partial charge in [0.05, 0.1) is 12.0 Å². The summed E-state index contributed by atoms with van der Waals surface area (Å²) in [5.74, 6) is -1.08. The highest BCUT2D eigenvalue weighted by Crippen LogP contribution is 2.41. The summed E-state index contributed by atoms with van der Waals surface area (Å²) in [6.45, 7) is 0. The van der Waals surface area contributed by atoms with Crippen molar-refractivity contribution in [3.05, 3.63) is 70.8 Å². The fourth-order valence-corrected chi connectivity index (χ4v) is 4.34. The summed E-state index contributed by atoms with van der Waals surface area (Å²) in [7, 11) is 0. The Balaban J connectivity index is 1.46. The second-order valence-electron chi connectivity index (χ2n) is 7.01. The van der Waals surface area contributed by atoms with Gasteiger partial charge in [-0.05, 0) is 47.4 Å². The van der Waals surface area contributed by atoms with Crippen molar-refractivity contribution in [2.45, 2.75) is 43.6 Å². The van der Waals surface area contributed by atoms with E-state index >= 15 is 0 Å². The van der Waals surface area contributed by atoms with Crippen molar-refractivity contribution in [1.82, 2.24) is 5.32 Å². The van der Waals surface area contributed by atoms with E-state index in [0.717, 1.165) is 24.0 Å². The molecule has 128 valence electrons. The molecule has 0 spiro atoms. The molecular formula is C21H21NO3. The van der Waals surface area contributed by atoms with Gasteiger partial charge >= 0.3 is 5.97 Å². The molecule has 2 aromatic rings. The number of carboxylic acid groups (broad SMARTS) is 1. The SMILES string of the molecule is O=C(CC1CCc2ccccc21)NC1CC(C(=O)O)c2ccccc21. The van der Waals surface area contributed by atoms with Crippen LogP contribution in [0.25, 0.3) is 0 Å². The molecule has 0 fully saturated rings. The van der Waals surface area contributed by atoms with Gasteiger partial charge < -0.3 is 10.4 Å². The molecule has 0 saturated carbocycles. The first-order valence-electron chi connectivity index (χ1n) is 8.82. The van der Waals surface area contributed by atoms with E-state index in [-0.39, 0.29) is 17.9 Å². The predicted molar refractivity (Wildman–Crippen MR) is 94.4 cm³/mol. The first-order chi connectivity index (χ1) is 12.1. The summed E-state index contributed by atoms with van der Waals surface area (Å²) >= 11 is 0. The van der Waals surface area contributed by atoms with Crippen LogP contribution in [0.15, 0.2) is 48.5 Å². The van der Waals surface area contributed by atoms with Gasteiger partial charge in [-0.3, -0.25) is 9.59 Å². The lowest BCUT2D eigenvalue weighted by Gasteiger charge is -2.17. The van der Waals surface area contributed by atoms with Gasteiger partial charge in [0.2, 0.25) is 5.91 Å². The molecule has 0 radical (unpaired) electrons. The van der Waals surface area contributed by atoms with Crippen LogP contribution < -0.4 is 5.32 Å². The average molecular weight is 335 g/mol. The number of aryl methyl sites for hydroxylation is 1. The number of nitrogens with one attached hydrogen (secondary N) is 1. The summed E-state index contributed by atoms with van der Waals surface area (Å²) in [5.41, 5.74) is 4.40. The summed E-state index contributed by atoms with van der Waals surface area (Å²) in [6.07, 6.45) is 2.93. The number of carboxylic acids is 1. The van der Waals surface area contributed by atoms with Crippen LogP contribution in [0.5, 0.6) is 0 Å². The van der Waals surface area contributed by atoms with Crippen LogP contribution in [0.1, 0.15) is 59.4 Å². The minimum atomic E-state index is -0.825. The summed E-state index contributed by atoms with van der Waals surface area (Å²) < 4.78 is 0. The number of benzene rings is 2. The largest absolute Gasteiger partial charge is 0.481 e. The number of aliphatic carboxylic acids is 1. The Hall–Kier alpha value is -2.62. The van der Waals surface area contributed by atoms with E-state index in [1.165, 1.54) is 11.1 Å². The van der Waals surface area contributed by atoms with Gasteiger partial charge in [-0.2, -0.15) is 0 Å². The van der Waals surface area contributed by atoms with Crippen molar-refractivity contribution >= 4 is 11.9 Å². The van der Waals surface area contributed by atoms with E-state index in [9.17, 15) is 14.7 Å². The number of hydrogen-bond donors (Lipinski definition) is 2. The Labute approximate surface area is 146 Å². The number of rotatable bonds is 4. The summed E-state index contributed by atoms with van der Waals surface area (Å²) in [4.78, 5) is 24.1. The highest BCUT2D eigenvalue weighted by Gasteiger charge is 2.36. The molecule has 0 aromatic heterocycles. The topological polar surface area (TPSA) is 66.4 Å². The Morgan fingerprint density at radius 3 is 2.44 bits per heavy atom. The first kappa shape index (κ1) is 15.9. The third-order valence-corrected chi connectivity index (χ3v) is 5.54. The average Bonchev–Trinajstić information content (AvgIpc) is 3.18. The van der Waals surface area contributed by atoms with E-state index in [2.05, 4.69) is 17.4 Å². The Morgan fingerprint density at radius 2 is 1.68 bits per heavy atom. The van der Waals surface area contributed by atoms with E-state index in [0.29, 0.717) is 12.8 Å². The second kappa shape index (κ2) is 6.36. The number of carbonyl (C=O) groups excluding carboxylic acids is 1. The minimum absolute atomic E-state index is 0.00699. The molecule has 4 heteroatoms. The van der Waals surface area contributed by atoms with Gasteiger partial charge in [0.15, 0.2) is 0 Å². The van der Waals surface area contributed by atoms with E-state index < -0.39 is 11.9 Å². The third kappa shape index (κ3) is 2.93. The summed E-state index contributed by atoms with van der Waals surface area (Å²) in [6, 6.07) is 15.7. The van der Waals surface area contributed by atoms with Crippen LogP contribution in [0, 0.1) is 0 Å². The molecule has 3 atom stereocenters. The number of carbonyl (C=O) groups is 2. The standard InChI is InChI=1S/C21H21NO3/c23-20(11-14-10-9-13-5-1-2-6-15(13)14)22-19-12-18(21(24)25)16-7-3-4-8-17(16)19/h1-8,14,18-19H,9-12H2,(H,22,23)(H,24,25). The van der Waals surface area contributed by atoms with Crippen molar-refractivity contribution < 1.29 is 14.7 Å². The molecule has 2 N–H and O–H groups in total. The van der Waals surface area contributed by atoms with Gasteiger partial charge in [0.25, 0.3) is 0 Å². The maximum atomic E-state index is 12.6. The third-order valence-electron chi connectivity index (χ3n) is 5.54. The fourth-order valence-electron chi connectivity index (χ4n) is 4.34. The van der Waals surface area contributed by atoms with Crippen LogP contribution in [-0.2, 0) is 16.0 Å². The molecule has 2 aliphatic carbocycles. The molecular weight excluding hydrogens is 314 g/mol. The number of fused-ring (bicyclic) bond motifs is 2. The van der Waals surface area contributed by atoms with Crippen molar-refractivity contribution in [2.75, 3.05) is 0 Å². The van der Waals surface area contributed by atoms with E-state index in [1.807, 2.05) is 36.4 Å². The molecule has 0 saturated heterocycles. The molecule has 0 bridgehead atoms. The zero-order valence-electron chi connectivity index (χ0n) is 13.9. The van der Waals surface area contributed by atoms with Gasteiger partial charge in [0.1, 0.15) is 0 Å². The molecule has 4 nitrogen and oxygen atoms in total. The monoisotopic (exact) mass is 335 g/mol. The van der Waals surface area contributed by atoms with Gasteiger partial charge in [-0.25, -0.2) is 0 Å². The predicted octanol–water partition coefficient (Wildman–Crippen LogP) is 3.54. The van der Waals surface area contributed by atoms with E-state index in [1.54, 1.807) is 0 Å². The molecule has 1 amide bonds. The lowest BCUT2D eigenvalue weighted by Crippen LogP contribution is -2.28. The van der Waals surface area contributed by atoms with Gasteiger partial charge in [-0.15, -0.1) is 0 Å². The van der Waals surface area contributed by atoms with Crippen molar-refractivity contribution in [3.8, 4) is 0 Å². The molecule has 2 aromatic carbocycles. The van der Waals surface area contributed by atoms with Crippen molar-refractivity contribution in [2.24, 2.45) is 0 Å². The van der Waals surface area contributed by atoms with Crippen LogP contribution >= 0.6 is 0 Å². The molecule has 25 heavy (non-hydrogen) atoms. The lowest BCUT2D eigenvalue weighted by atomic mass is 9.97. The van der Waals surface area contributed by atoms with Crippen LogP contribution in [-0.4, -0.2) is 17.0 Å². The maximum Gasteiger partial charge on any atom is 0.311 e. The van der Waals surface area contributed by atoms with Gasteiger partial charge in [-0.1, -0.05) is 48.5 Å². The van der Waals surface area contributed by atoms with Gasteiger partial charge in [0, 0.05) is 6.42 Å². The quantitative estimate of drug-likeness (QED) is 0.898. The lowest BCUT2D eigenvalue weighted by molar-refractivity contribution is -0.139. The molecule has 0 aliphatic heterocycles. The second-order valence-corrected chi connectivity index (χ2v) is 7.01. The highest BCUT2D eigenvalue weighted by atomic mass is 16.4. The van der Waals surface area contributed by atoms with Crippen molar-refractivity contribution in [3.63, 3.8) is 0 Å². The van der Waals surface area contributed by atoms with Crippen molar-refractivity contribution in [1.29, 1.82) is 0 Å². The Bertz CT molecular complexity index is 829. The first-order valence-corrected chi connectivity index (χ1v) is 8.82. The van der Waals surface area contributed by atoms with E-state index in [4.69, 9.17) is 0 Å². The molecule has 3 unspecified atom stereocenters. The highest BCUT2D eigenvalue weighted by molar-refractivity contribution is 5.81. The van der Waals surface area contributed by atoms with Crippen LogP contribution in [0.4, 0.5) is 0 Å². The van der Waals surface area contributed by atoms with Crippen LogP contribution in [0.2, 0.25) is 0 Å². The molecule has 0 heterocycles. The fraction of sp³-hybridized carbons (Fsp3) is 0.333. The zero-order chi connectivity index (χ0) is 17.4.